The third-order valence-corrected chi connectivity index (χ3v) is 8.58. The molecular weight excluding hydrogens is 562 g/mol. The molecule has 6 rings (SSSR count). The Morgan fingerprint density at radius 2 is 1.58 bits per heavy atom. The number of aliphatic hydroxyl groups excluding tert-OH is 1. The van der Waals surface area contributed by atoms with E-state index in [9.17, 15) is 14.7 Å². The number of esters is 2. The lowest BCUT2D eigenvalue weighted by Gasteiger charge is -2.52. The highest BCUT2D eigenvalue weighted by atomic mass is 16.8. The van der Waals surface area contributed by atoms with E-state index in [1.165, 1.54) is 13.8 Å². The Hall–Kier alpha value is -2.42. The molecule has 0 bridgehead atoms. The number of rotatable bonds is 5. The van der Waals surface area contributed by atoms with Gasteiger partial charge in [0.2, 0.25) is 0 Å². The topological polar surface area (TPSA) is 140 Å². The first-order valence-corrected chi connectivity index (χ1v) is 14.8. The molecule has 0 spiro atoms. The maximum absolute atomic E-state index is 12.4. The Bertz CT molecular complexity index is 1240. The average molecular weight is 604 g/mol. The van der Waals surface area contributed by atoms with E-state index in [0.29, 0.717) is 6.61 Å². The van der Waals surface area contributed by atoms with Crippen LogP contribution in [0.5, 0.6) is 0 Å². The third kappa shape index (κ3) is 6.12. The number of aliphatic hydroxyl groups is 1. The zero-order chi connectivity index (χ0) is 30.7. The highest BCUT2D eigenvalue weighted by Crippen LogP contribution is 2.44. The van der Waals surface area contributed by atoms with Crippen molar-refractivity contribution in [2.75, 3.05) is 13.2 Å². The number of ether oxygens (including phenoxy) is 8. The summed E-state index contributed by atoms with van der Waals surface area (Å²) >= 11 is 0. The van der Waals surface area contributed by atoms with Crippen LogP contribution in [0.2, 0.25) is 0 Å². The summed E-state index contributed by atoms with van der Waals surface area (Å²) in [6, 6.07) is 7.96. The van der Waals surface area contributed by atoms with Crippen molar-refractivity contribution >= 4 is 11.9 Å². The van der Waals surface area contributed by atoms with Gasteiger partial charge in [0.1, 0.15) is 24.4 Å². The number of carbonyl (C=O) groups is 2. The van der Waals surface area contributed by atoms with E-state index in [4.69, 9.17) is 37.9 Å². The predicted octanol–water partition coefficient (Wildman–Crippen LogP) is 1.89. The lowest BCUT2D eigenvalue weighted by atomic mass is 9.75. The molecule has 3 heterocycles. The molecule has 2 N–H and O–H groups in total. The summed E-state index contributed by atoms with van der Waals surface area (Å²) in [4.78, 5) is 24.8. The van der Waals surface area contributed by atoms with Gasteiger partial charge in [-0.25, -0.2) is 0 Å². The Labute approximate surface area is 250 Å². The summed E-state index contributed by atoms with van der Waals surface area (Å²) in [6.45, 7) is 10.4. The quantitative estimate of drug-likeness (QED) is 0.375. The van der Waals surface area contributed by atoms with Crippen molar-refractivity contribution in [1.29, 1.82) is 0 Å². The lowest BCUT2D eigenvalue weighted by Crippen LogP contribution is -2.71. The van der Waals surface area contributed by atoms with Gasteiger partial charge in [0.15, 0.2) is 30.1 Å². The number of fused-ring (bicyclic) bond motifs is 4. The summed E-state index contributed by atoms with van der Waals surface area (Å²) in [7, 11) is 0. The standard InChI is InChI=1S/C31H41NO11/c1-15(33)38-26-21(32-20-12-18-13-37-30(3,4)41-23(18)28-25(20)42-31(5,6)43-28)22(35)19-14-36-29(17-10-8-7-9-11-17)40-24(19)27(26)39-16(2)34/h7-12,19-29,32,35H,13-14H2,1-6H3/t19-,20-,21-,22+,23+,24+,25-,26-,27-,28-,29?/m0/s1. The summed E-state index contributed by atoms with van der Waals surface area (Å²) in [5.74, 6) is -3.46. The van der Waals surface area contributed by atoms with E-state index in [-0.39, 0.29) is 12.7 Å². The molecule has 0 aromatic heterocycles. The van der Waals surface area contributed by atoms with E-state index in [0.717, 1.165) is 11.1 Å². The fourth-order valence-electron chi connectivity index (χ4n) is 6.87. The minimum atomic E-state index is -1.11. The van der Waals surface area contributed by atoms with Crippen molar-refractivity contribution in [1.82, 2.24) is 5.32 Å². The van der Waals surface area contributed by atoms with E-state index in [2.05, 4.69) is 5.32 Å². The molecule has 236 valence electrons. The van der Waals surface area contributed by atoms with E-state index < -0.39 is 84.4 Å². The Morgan fingerprint density at radius 1 is 0.907 bits per heavy atom. The van der Waals surface area contributed by atoms with Crippen molar-refractivity contribution < 1.29 is 52.6 Å². The van der Waals surface area contributed by atoms with Crippen LogP contribution in [0.3, 0.4) is 0 Å². The van der Waals surface area contributed by atoms with Crippen LogP contribution in [0.4, 0.5) is 0 Å². The normalized spacial score (nSPS) is 41.2. The van der Waals surface area contributed by atoms with E-state index in [1.54, 1.807) is 0 Å². The number of benzene rings is 1. The molecule has 43 heavy (non-hydrogen) atoms. The Morgan fingerprint density at radius 3 is 2.28 bits per heavy atom. The second kappa shape index (κ2) is 11.5. The van der Waals surface area contributed by atoms with Gasteiger partial charge in [-0.05, 0) is 33.3 Å². The van der Waals surface area contributed by atoms with Crippen molar-refractivity contribution in [3.8, 4) is 0 Å². The summed E-state index contributed by atoms with van der Waals surface area (Å²) in [6.07, 6.45) is -4.18. The number of hydrogen-bond acceptors (Lipinski definition) is 12. The van der Waals surface area contributed by atoms with Gasteiger partial charge in [0.25, 0.3) is 0 Å². The van der Waals surface area contributed by atoms with Crippen LogP contribution in [0.15, 0.2) is 42.0 Å². The number of nitrogens with one attached hydrogen (secondary N) is 1. The smallest absolute Gasteiger partial charge is 0.303 e. The highest BCUT2D eigenvalue weighted by Gasteiger charge is 2.59. The van der Waals surface area contributed by atoms with Crippen molar-refractivity contribution in [3.63, 3.8) is 0 Å². The molecule has 3 saturated heterocycles. The van der Waals surface area contributed by atoms with Gasteiger partial charge in [-0.2, -0.15) is 0 Å². The first-order valence-electron chi connectivity index (χ1n) is 14.8. The number of carbonyl (C=O) groups excluding carboxylic acids is 2. The molecule has 0 amide bonds. The van der Waals surface area contributed by atoms with Crippen LogP contribution in [0.25, 0.3) is 0 Å². The first-order chi connectivity index (χ1) is 20.3. The van der Waals surface area contributed by atoms with Crippen molar-refractivity contribution in [3.05, 3.63) is 47.5 Å². The van der Waals surface area contributed by atoms with Gasteiger partial charge in [-0.1, -0.05) is 36.4 Å². The average Bonchev–Trinajstić information content (AvgIpc) is 3.28. The van der Waals surface area contributed by atoms with Crippen LogP contribution >= 0.6 is 0 Å². The molecule has 1 aromatic carbocycles. The molecular formula is C31H41NO11. The zero-order valence-electron chi connectivity index (χ0n) is 25.3. The molecule has 1 unspecified atom stereocenters. The lowest BCUT2D eigenvalue weighted by molar-refractivity contribution is -0.304. The van der Waals surface area contributed by atoms with E-state index in [1.807, 2.05) is 64.1 Å². The van der Waals surface area contributed by atoms with Crippen LogP contribution in [-0.2, 0) is 47.5 Å². The van der Waals surface area contributed by atoms with Crippen molar-refractivity contribution in [2.24, 2.45) is 5.92 Å². The maximum Gasteiger partial charge on any atom is 0.303 e. The molecule has 4 fully saturated rings. The molecule has 2 aliphatic carbocycles. The SMILES string of the molecule is CC(=O)O[C@H]1[C@@H]2OC(c3ccccc3)OC[C@H]2[C@@H](O)[C@H](N[C@H]2C=C3COC(C)(C)O[C@H]3[C@@H]3OC(C)(C)O[C@H]32)[C@@H]1OC(C)=O. The van der Waals surface area contributed by atoms with Crippen molar-refractivity contribution in [2.45, 2.75) is 114 Å². The van der Waals surface area contributed by atoms with Gasteiger partial charge < -0.3 is 43.0 Å². The van der Waals surface area contributed by atoms with Gasteiger partial charge in [0, 0.05) is 25.3 Å². The van der Waals surface area contributed by atoms with Crippen LogP contribution < -0.4 is 5.32 Å². The molecule has 1 aromatic rings. The van der Waals surface area contributed by atoms with Crippen LogP contribution in [-0.4, -0.2) is 96.6 Å². The summed E-state index contributed by atoms with van der Waals surface area (Å²) in [5, 5.41) is 15.3. The second-order valence-electron chi connectivity index (χ2n) is 12.7. The minimum absolute atomic E-state index is 0.122. The Balaban J connectivity index is 1.33. The summed E-state index contributed by atoms with van der Waals surface area (Å²) in [5.41, 5.74) is 1.65. The van der Waals surface area contributed by atoms with Crippen LogP contribution in [0.1, 0.15) is 53.4 Å². The fraction of sp³-hybridized carbons (Fsp3) is 0.677. The summed E-state index contributed by atoms with van der Waals surface area (Å²) < 4.78 is 48.9. The van der Waals surface area contributed by atoms with Gasteiger partial charge in [-0.3, -0.25) is 14.9 Å². The first kappa shape index (κ1) is 30.6. The molecule has 12 heteroatoms. The highest BCUT2D eigenvalue weighted by molar-refractivity contribution is 5.67. The molecule has 1 saturated carbocycles. The zero-order valence-corrected chi connectivity index (χ0v) is 25.3. The monoisotopic (exact) mass is 603 g/mol. The molecule has 11 atom stereocenters. The minimum Gasteiger partial charge on any atom is -0.457 e. The Kier molecular flexibility index (Phi) is 8.18. The predicted molar refractivity (Wildman–Crippen MR) is 148 cm³/mol. The maximum atomic E-state index is 12.4. The number of hydrogen-bond donors (Lipinski definition) is 2. The molecule has 3 aliphatic heterocycles. The van der Waals surface area contributed by atoms with Crippen LogP contribution in [0, 0.1) is 5.92 Å². The molecule has 12 nitrogen and oxygen atoms in total. The third-order valence-electron chi connectivity index (χ3n) is 8.58. The largest absolute Gasteiger partial charge is 0.457 e. The van der Waals surface area contributed by atoms with Gasteiger partial charge in [0.05, 0.1) is 31.4 Å². The second-order valence-corrected chi connectivity index (χ2v) is 12.7. The molecule has 0 radical (unpaired) electrons. The molecule has 5 aliphatic rings. The van der Waals surface area contributed by atoms with Gasteiger partial charge in [-0.15, -0.1) is 0 Å². The van der Waals surface area contributed by atoms with E-state index >= 15 is 0 Å². The fourth-order valence-corrected chi connectivity index (χ4v) is 6.87. The van der Waals surface area contributed by atoms with Gasteiger partial charge >= 0.3 is 11.9 Å².